The van der Waals surface area contributed by atoms with Crippen molar-refractivity contribution in [2.45, 2.75) is 45.2 Å². The summed E-state index contributed by atoms with van der Waals surface area (Å²) in [5.41, 5.74) is 2.28. The molecule has 0 saturated carbocycles. The maximum atomic E-state index is 12.4. The molecule has 10 heteroatoms. The number of hydrazone groups is 1. The molecule has 1 unspecified atom stereocenters. The van der Waals surface area contributed by atoms with Gasteiger partial charge in [0.25, 0.3) is 0 Å². The number of carbonyl (C=O) groups excluding carboxylic acids is 4. The van der Waals surface area contributed by atoms with Gasteiger partial charge in [-0.1, -0.05) is 42.5 Å². The third-order valence-electron chi connectivity index (χ3n) is 4.84. The number of anilines is 1. The van der Waals surface area contributed by atoms with Crippen LogP contribution in [0, 0.1) is 0 Å². The quantitative estimate of drug-likeness (QED) is 0.148. The molecule has 2 aromatic rings. The zero-order valence-corrected chi connectivity index (χ0v) is 19.7. The van der Waals surface area contributed by atoms with E-state index in [1.54, 1.807) is 31.2 Å². The molecule has 5 N–H and O–H groups in total. The van der Waals surface area contributed by atoms with Crippen LogP contribution in [0.3, 0.4) is 0 Å². The largest absolute Gasteiger partial charge is 0.466 e. The fourth-order valence-corrected chi connectivity index (χ4v) is 3.18. The van der Waals surface area contributed by atoms with Crippen LogP contribution < -0.4 is 21.8 Å². The monoisotopic (exact) mass is 481 g/mol. The Balaban J connectivity index is 1.84. The third-order valence-corrected chi connectivity index (χ3v) is 4.84. The van der Waals surface area contributed by atoms with Crippen LogP contribution in [0.4, 0.5) is 5.69 Å². The van der Waals surface area contributed by atoms with E-state index in [-0.39, 0.29) is 44.1 Å². The van der Waals surface area contributed by atoms with Crippen LogP contribution in [0.1, 0.15) is 43.7 Å². The van der Waals surface area contributed by atoms with Crippen LogP contribution in [-0.4, -0.2) is 42.6 Å². The first-order valence-corrected chi connectivity index (χ1v) is 11.3. The van der Waals surface area contributed by atoms with Crippen molar-refractivity contribution in [2.24, 2.45) is 10.9 Å². The Labute approximate surface area is 204 Å². The lowest BCUT2D eigenvalue weighted by molar-refractivity contribution is -0.144. The lowest BCUT2D eigenvalue weighted by Gasteiger charge is -2.18. The molecule has 0 aliphatic rings. The Morgan fingerprint density at radius 1 is 0.943 bits per heavy atom. The van der Waals surface area contributed by atoms with Crippen molar-refractivity contribution in [1.82, 2.24) is 10.6 Å². The van der Waals surface area contributed by atoms with E-state index in [0.717, 1.165) is 11.1 Å². The summed E-state index contributed by atoms with van der Waals surface area (Å²) in [6.07, 6.45) is 1.06. The second kappa shape index (κ2) is 14.8. The molecule has 0 aromatic heterocycles. The first kappa shape index (κ1) is 27.0. The number of hydrogen-bond donors (Lipinski definition) is 4. The molecule has 0 spiro atoms. The van der Waals surface area contributed by atoms with E-state index in [1.807, 2.05) is 30.3 Å². The van der Waals surface area contributed by atoms with Gasteiger partial charge in [-0.15, -0.1) is 0 Å². The van der Waals surface area contributed by atoms with Crippen LogP contribution in [0.25, 0.3) is 0 Å². The summed E-state index contributed by atoms with van der Waals surface area (Å²) in [5, 5.41) is 11.6. The highest BCUT2D eigenvalue weighted by atomic mass is 16.5. The van der Waals surface area contributed by atoms with E-state index in [4.69, 9.17) is 10.6 Å². The predicted molar refractivity (Wildman–Crippen MR) is 132 cm³/mol. The topological polar surface area (TPSA) is 152 Å². The minimum absolute atomic E-state index is 0.0653. The van der Waals surface area contributed by atoms with Gasteiger partial charge in [0.15, 0.2) is 0 Å². The highest BCUT2D eigenvalue weighted by Crippen LogP contribution is 2.10. The summed E-state index contributed by atoms with van der Waals surface area (Å²) >= 11 is 0. The van der Waals surface area contributed by atoms with Crippen LogP contribution in [0.15, 0.2) is 59.7 Å². The van der Waals surface area contributed by atoms with Crippen LogP contribution in [0.5, 0.6) is 0 Å². The predicted octanol–water partition coefficient (Wildman–Crippen LogP) is 1.84. The van der Waals surface area contributed by atoms with E-state index in [9.17, 15) is 19.2 Å². The smallest absolute Gasteiger partial charge is 0.307 e. The van der Waals surface area contributed by atoms with Crippen molar-refractivity contribution < 1.29 is 23.9 Å². The first-order valence-electron chi connectivity index (χ1n) is 11.3. The molecule has 0 fully saturated rings. The summed E-state index contributed by atoms with van der Waals surface area (Å²) in [6.45, 7) is 2.20. The lowest BCUT2D eigenvalue weighted by atomic mass is 10.1. The van der Waals surface area contributed by atoms with Gasteiger partial charge in [-0.25, -0.2) is 0 Å². The van der Waals surface area contributed by atoms with Crippen molar-refractivity contribution in [3.8, 4) is 0 Å². The summed E-state index contributed by atoms with van der Waals surface area (Å²) in [6, 6.07) is 15.5. The van der Waals surface area contributed by atoms with Crippen molar-refractivity contribution in [3.05, 3.63) is 65.7 Å². The molecule has 0 saturated heterocycles. The average molecular weight is 482 g/mol. The molecule has 2 rings (SSSR count). The van der Waals surface area contributed by atoms with E-state index < -0.39 is 17.9 Å². The van der Waals surface area contributed by atoms with Gasteiger partial charge in [0.05, 0.1) is 19.2 Å². The van der Waals surface area contributed by atoms with E-state index in [2.05, 4.69) is 21.1 Å². The van der Waals surface area contributed by atoms with E-state index in [0.29, 0.717) is 12.2 Å². The number of ether oxygens (including phenoxy) is 1. The fourth-order valence-electron chi connectivity index (χ4n) is 3.18. The zero-order valence-electron chi connectivity index (χ0n) is 19.7. The molecular formula is C25H31N5O5. The van der Waals surface area contributed by atoms with Gasteiger partial charge in [-0.05, 0) is 30.2 Å². The zero-order chi connectivity index (χ0) is 25.5. The highest BCUT2D eigenvalue weighted by molar-refractivity contribution is 5.93. The molecule has 35 heavy (non-hydrogen) atoms. The van der Waals surface area contributed by atoms with Crippen molar-refractivity contribution >= 4 is 35.6 Å². The van der Waals surface area contributed by atoms with Gasteiger partial charge in [0.1, 0.15) is 0 Å². The van der Waals surface area contributed by atoms with Gasteiger partial charge in [0.2, 0.25) is 17.7 Å². The van der Waals surface area contributed by atoms with E-state index >= 15 is 0 Å². The Morgan fingerprint density at radius 3 is 2.29 bits per heavy atom. The molecule has 0 aliphatic carbocycles. The minimum Gasteiger partial charge on any atom is -0.466 e. The SMILES string of the molecule is CCOC(=O)CC(CC(=O)NCc1ccccc1)NC(=O)CCC(=O)Nc1ccc(C=NN)cc1. The standard InChI is InChI=1S/C25H31N5O5/c1-2-35-25(34)15-21(14-24(33)27-16-18-6-4-3-5-7-18)30-23(32)13-12-22(31)29-20-10-8-19(9-11-20)17-28-26/h3-11,17,21H,2,12-16,26H2,1H3,(H,27,33)(H,29,31)(H,30,32). The molecule has 0 bridgehead atoms. The number of rotatable bonds is 13. The first-order chi connectivity index (χ1) is 16.9. The van der Waals surface area contributed by atoms with Crippen molar-refractivity contribution in [3.63, 3.8) is 0 Å². The van der Waals surface area contributed by atoms with Gasteiger partial charge in [-0.3, -0.25) is 19.2 Å². The summed E-state index contributed by atoms with van der Waals surface area (Å²) in [5.74, 6) is 3.48. The molecule has 186 valence electrons. The number of hydrogen-bond acceptors (Lipinski definition) is 7. The number of nitrogens with two attached hydrogens (primary N) is 1. The molecule has 1 atom stereocenters. The number of benzene rings is 2. The molecule has 0 heterocycles. The number of carbonyl (C=O) groups is 4. The van der Waals surface area contributed by atoms with Gasteiger partial charge < -0.3 is 26.5 Å². The third kappa shape index (κ3) is 11.0. The maximum absolute atomic E-state index is 12.4. The van der Waals surface area contributed by atoms with Crippen LogP contribution in [0.2, 0.25) is 0 Å². The molecule has 3 amide bonds. The molecular weight excluding hydrogens is 450 g/mol. The summed E-state index contributed by atoms with van der Waals surface area (Å²) < 4.78 is 4.95. The van der Waals surface area contributed by atoms with Gasteiger partial charge in [0, 0.05) is 37.5 Å². The molecule has 0 radical (unpaired) electrons. The maximum Gasteiger partial charge on any atom is 0.307 e. The number of nitrogens with zero attached hydrogens (tertiary/aromatic N) is 1. The fraction of sp³-hybridized carbons (Fsp3) is 0.320. The van der Waals surface area contributed by atoms with Gasteiger partial charge in [-0.2, -0.15) is 5.10 Å². The number of nitrogens with one attached hydrogen (secondary N) is 3. The number of esters is 1. The molecule has 2 aromatic carbocycles. The normalized spacial score (nSPS) is 11.5. The Kier molecular flexibility index (Phi) is 11.5. The second-order valence-corrected chi connectivity index (χ2v) is 7.69. The summed E-state index contributed by atoms with van der Waals surface area (Å²) in [4.78, 5) is 49.0. The summed E-state index contributed by atoms with van der Waals surface area (Å²) in [7, 11) is 0. The second-order valence-electron chi connectivity index (χ2n) is 7.69. The Hall–Kier alpha value is -4.21. The Bertz CT molecular complexity index is 1010. The van der Waals surface area contributed by atoms with Crippen LogP contribution in [-0.2, 0) is 30.5 Å². The van der Waals surface area contributed by atoms with Crippen LogP contribution >= 0.6 is 0 Å². The molecule has 10 nitrogen and oxygen atoms in total. The van der Waals surface area contributed by atoms with E-state index in [1.165, 1.54) is 6.21 Å². The van der Waals surface area contributed by atoms with Crippen molar-refractivity contribution in [2.75, 3.05) is 11.9 Å². The Morgan fingerprint density at radius 2 is 1.63 bits per heavy atom. The van der Waals surface area contributed by atoms with Gasteiger partial charge >= 0.3 is 5.97 Å². The minimum atomic E-state index is -0.753. The van der Waals surface area contributed by atoms with Crippen molar-refractivity contribution in [1.29, 1.82) is 0 Å². The number of amides is 3. The average Bonchev–Trinajstić information content (AvgIpc) is 2.83. The lowest BCUT2D eigenvalue weighted by Crippen LogP contribution is -2.41. The molecule has 0 aliphatic heterocycles. The highest BCUT2D eigenvalue weighted by Gasteiger charge is 2.21.